The highest BCUT2D eigenvalue weighted by molar-refractivity contribution is 6.34. The third-order valence-corrected chi connectivity index (χ3v) is 8.07. The van der Waals surface area contributed by atoms with Crippen molar-refractivity contribution >= 4 is 29.4 Å². The van der Waals surface area contributed by atoms with E-state index in [0.717, 1.165) is 58.2 Å². The van der Waals surface area contributed by atoms with Gasteiger partial charge in [0.2, 0.25) is 5.75 Å². The zero-order valence-corrected chi connectivity index (χ0v) is 27.5. The van der Waals surface area contributed by atoms with Crippen LogP contribution in [-0.2, 0) is 4.74 Å². The van der Waals surface area contributed by atoms with Crippen LogP contribution in [0.3, 0.4) is 0 Å². The number of carboxylic acids is 1. The van der Waals surface area contributed by atoms with Gasteiger partial charge in [-0.3, -0.25) is 4.79 Å². The van der Waals surface area contributed by atoms with Crippen molar-refractivity contribution in [2.45, 2.75) is 38.2 Å². The van der Waals surface area contributed by atoms with Crippen molar-refractivity contribution in [1.82, 2.24) is 9.80 Å². The standard InChI is InChI=1S/C32H45ClN4O9/c1-42-26-19-22(20-27(43-2)29(26)44-3)32(41)46-23(8-13-37-12-6-11-36(14-15-37)10-5-9-34)7-4-16-45-25-18-21(31(39)40)17-24(33)28(25)30(35)38/h17-20,23H,4-16,34H2,1-3H3,(H2,35,38)(H,39,40). The van der Waals surface area contributed by atoms with Gasteiger partial charge in [-0.25, -0.2) is 9.59 Å². The largest absolute Gasteiger partial charge is 0.493 e. The van der Waals surface area contributed by atoms with Gasteiger partial charge in [-0.2, -0.15) is 0 Å². The molecule has 1 aliphatic heterocycles. The fraction of sp³-hybridized carbons (Fsp3) is 0.531. The average Bonchev–Trinajstić information content (AvgIpc) is 3.27. The molecule has 5 N–H and O–H groups in total. The molecule has 0 radical (unpaired) electrons. The van der Waals surface area contributed by atoms with Gasteiger partial charge in [-0.1, -0.05) is 11.6 Å². The Kier molecular flexibility index (Phi) is 14.7. The van der Waals surface area contributed by atoms with Gasteiger partial charge in [-0.05, 0) is 82.5 Å². The van der Waals surface area contributed by atoms with Gasteiger partial charge >= 0.3 is 11.9 Å². The zero-order valence-electron chi connectivity index (χ0n) is 26.7. The monoisotopic (exact) mass is 664 g/mol. The number of nitrogens with zero attached hydrogens (tertiary/aromatic N) is 2. The summed E-state index contributed by atoms with van der Waals surface area (Å²) in [6, 6.07) is 5.44. The number of hydrogen-bond donors (Lipinski definition) is 3. The van der Waals surface area contributed by atoms with Crippen molar-refractivity contribution < 1.29 is 43.2 Å². The summed E-state index contributed by atoms with van der Waals surface area (Å²) in [6.07, 6.45) is 2.96. The Bertz CT molecular complexity index is 1320. The average molecular weight is 665 g/mol. The SMILES string of the molecule is COc1cc(C(=O)OC(CCCOc2cc(C(=O)O)cc(Cl)c2C(N)=O)CCN2CCCN(CCCN)CC2)cc(OC)c1OC. The molecular formula is C32H45ClN4O9. The minimum atomic E-state index is -1.22. The molecule has 0 aliphatic carbocycles. The molecule has 1 unspecified atom stereocenters. The lowest BCUT2D eigenvalue weighted by Crippen LogP contribution is -2.34. The second-order valence-electron chi connectivity index (χ2n) is 10.9. The summed E-state index contributed by atoms with van der Waals surface area (Å²) in [5.74, 6) is -1.62. The Labute approximate surface area is 274 Å². The van der Waals surface area contributed by atoms with E-state index in [0.29, 0.717) is 43.1 Å². The number of esters is 1. The lowest BCUT2D eigenvalue weighted by atomic mass is 10.1. The van der Waals surface area contributed by atoms with Crippen LogP contribution < -0.4 is 30.4 Å². The summed E-state index contributed by atoms with van der Waals surface area (Å²) in [5.41, 5.74) is 11.2. The minimum absolute atomic E-state index is 0.0212. The van der Waals surface area contributed by atoms with Crippen LogP contribution in [0, 0.1) is 0 Å². The van der Waals surface area contributed by atoms with Crippen LogP contribution in [-0.4, -0.2) is 113 Å². The molecular weight excluding hydrogens is 620 g/mol. The van der Waals surface area contributed by atoms with Crippen molar-refractivity contribution in [1.29, 1.82) is 0 Å². The molecule has 1 saturated heterocycles. The van der Waals surface area contributed by atoms with Crippen LogP contribution in [0.5, 0.6) is 23.0 Å². The van der Waals surface area contributed by atoms with E-state index < -0.39 is 23.9 Å². The van der Waals surface area contributed by atoms with Crippen LogP contribution >= 0.6 is 11.6 Å². The fourth-order valence-electron chi connectivity index (χ4n) is 5.34. The molecule has 0 aromatic heterocycles. The van der Waals surface area contributed by atoms with Gasteiger partial charge < -0.3 is 50.1 Å². The van der Waals surface area contributed by atoms with Gasteiger partial charge in [0.05, 0.1) is 49.6 Å². The Hall–Kier alpha value is -3.78. The second-order valence-corrected chi connectivity index (χ2v) is 11.3. The molecule has 0 saturated carbocycles. The van der Waals surface area contributed by atoms with Crippen molar-refractivity contribution in [3.05, 3.63) is 46.0 Å². The highest BCUT2D eigenvalue weighted by Crippen LogP contribution is 2.38. The first kappa shape index (κ1) is 36.7. The molecule has 1 aliphatic rings. The number of ether oxygens (including phenoxy) is 5. The molecule has 1 atom stereocenters. The maximum atomic E-state index is 13.4. The van der Waals surface area contributed by atoms with Crippen LogP contribution in [0.15, 0.2) is 24.3 Å². The van der Waals surface area contributed by atoms with Crippen LogP contribution in [0.2, 0.25) is 5.02 Å². The first-order chi connectivity index (χ1) is 22.1. The summed E-state index contributed by atoms with van der Waals surface area (Å²) < 4.78 is 28.0. The lowest BCUT2D eigenvalue weighted by molar-refractivity contribution is 0.0221. The predicted molar refractivity (Wildman–Crippen MR) is 173 cm³/mol. The van der Waals surface area contributed by atoms with E-state index in [9.17, 15) is 19.5 Å². The third kappa shape index (κ3) is 10.4. The fourth-order valence-corrected chi connectivity index (χ4v) is 5.65. The number of carbonyl (C=O) groups excluding carboxylic acids is 2. The Balaban J connectivity index is 1.72. The van der Waals surface area contributed by atoms with E-state index in [1.807, 2.05) is 0 Å². The molecule has 0 bridgehead atoms. The summed E-state index contributed by atoms with van der Waals surface area (Å²) in [6.45, 7) is 6.28. The van der Waals surface area contributed by atoms with Crippen molar-refractivity contribution in [3.63, 3.8) is 0 Å². The molecule has 3 rings (SSSR count). The van der Waals surface area contributed by atoms with Crippen LogP contribution in [0.1, 0.15) is 63.2 Å². The van der Waals surface area contributed by atoms with E-state index >= 15 is 0 Å². The number of carboxylic acid groups (broad SMARTS) is 1. The zero-order chi connectivity index (χ0) is 33.6. The van der Waals surface area contributed by atoms with E-state index in [-0.39, 0.29) is 34.1 Å². The van der Waals surface area contributed by atoms with Crippen molar-refractivity contribution in [2.75, 3.05) is 73.7 Å². The number of amides is 1. The van der Waals surface area contributed by atoms with E-state index in [1.54, 1.807) is 12.1 Å². The second kappa shape index (κ2) is 18.4. The van der Waals surface area contributed by atoms with E-state index in [4.69, 9.17) is 46.8 Å². The number of nitrogens with two attached hydrogens (primary N) is 2. The Morgan fingerprint density at radius 2 is 1.50 bits per heavy atom. The summed E-state index contributed by atoms with van der Waals surface area (Å²) in [5, 5.41) is 9.29. The Morgan fingerprint density at radius 3 is 2.07 bits per heavy atom. The highest BCUT2D eigenvalue weighted by Gasteiger charge is 2.23. The molecule has 1 amide bonds. The molecule has 13 nitrogen and oxygen atoms in total. The number of primary amides is 1. The maximum absolute atomic E-state index is 13.4. The van der Waals surface area contributed by atoms with Crippen LogP contribution in [0.4, 0.5) is 0 Å². The van der Waals surface area contributed by atoms with Gasteiger partial charge in [0.1, 0.15) is 11.9 Å². The van der Waals surface area contributed by atoms with Crippen LogP contribution in [0.25, 0.3) is 0 Å². The van der Waals surface area contributed by atoms with Gasteiger partial charge in [-0.15, -0.1) is 0 Å². The van der Waals surface area contributed by atoms with Crippen molar-refractivity contribution in [3.8, 4) is 23.0 Å². The van der Waals surface area contributed by atoms with Gasteiger partial charge in [0.15, 0.2) is 11.5 Å². The van der Waals surface area contributed by atoms with Gasteiger partial charge in [0.25, 0.3) is 5.91 Å². The number of hydrogen-bond acceptors (Lipinski definition) is 11. The number of benzene rings is 2. The molecule has 1 heterocycles. The molecule has 0 spiro atoms. The first-order valence-electron chi connectivity index (χ1n) is 15.3. The van der Waals surface area contributed by atoms with E-state index in [1.165, 1.54) is 27.4 Å². The summed E-state index contributed by atoms with van der Waals surface area (Å²) in [7, 11) is 4.42. The number of carbonyl (C=O) groups is 3. The molecule has 46 heavy (non-hydrogen) atoms. The normalized spacial score (nSPS) is 14.6. The lowest BCUT2D eigenvalue weighted by Gasteiger charge is -2.25. The molecule has 14 heteroatoms. The Morgan fingerprint density at radius 1 is 0.870 bits per heavy atom. The first-order valence-corrected chi connectivity index (χ1v) is 15.6. The smallest absolute Gasteiger partial charge is 0.338 e. The topological polar surface area (TPSA) is 176 Å². The molecule has 2 aromatic carbocycles. The molecule has 1 fully saturated rings. The third-order valence-electron chi connectivity index (χ3n) is 7.78. The van der Waals surface area contributed by atoms with E-state index in [2.05, 4.69) is 9.80 Å². The predicted octanol–water partition coefficient (Wildman–Crippen LogP) is 3.29. The van der Waals surface area contributed by atoms with Gasteiger partial charge in [0, 0.05) is 19.6 Å². The molecule has 254 valence electrons. The maximum Gasteiger partial charge on any atom is 0.338 e. The summed E-state index contributed by atoms with van der Waals surface area (Å²) >= 11 is 6.13. The molecule has 2 aromatic rings. The number of methoxy groups -OCH3 is 3. The highest BCUT2D eigenvalue weighted by atomic mass is 35.5. The number of halogens is 1. The van der Waals surface area contributed by atoms with Crippen molar-refractivity contribution in [2.24, 2.45) is 11.5 Å². The quantitative estimate of drug-likeness (QED) is 0.157. The minimum Gasteiger partial charge on any atom is -0.493 e. The number of rotatable bonds is 18. The number of aromatic carboxylic acids is 1. The summed E-state index contributed by atoms with van der Waals surface area (Å²) in [4.78, 5) is 41.7.